The van der Waals surface area contributed by atoms with Crippen LogP contribution in [0.1, 0.15) is 24.4 Å². The SMILES string of the molecule is COc1ccc(NC(=O)[C@H](c2ccccc2)N2CCN(C(=O)[C@@H]3CCCO3)CC2)cc1Cl. The van der Waals surface area contributed by atoms with Crippen LogP contribution < -0.4 is 10.1 Å². The number of carbonyl (C=O) groups is 2. The van der Waals surface area contributed by atoms with Gasteiger partial charge in [0.25, 0.3) is 5.91 Å². The molecule has 2 aliphatic heterocycles. The molecule has 2 fully saturated rings. The predicted octanol–water partition coefficient (Wildman–Crippen LogP) is 3.35. The maximum absolute atomic E-state index is 13.4. The van der Waals surface area contributed by atoms with E-state index in [4.69, 9.17) is 21.1 Å². The molecule has 1 N–H and O–H groups in total. The molecule has 7 nitrogen and oxygen atoms in total. The Balaban J connectivity index is 1.47. The highest BCUT2D eigenvalue weighted by Crippen LogP contribution is 2.29. The van der Waals surface area contributed by atoms with E-state index in [0.29, 0.717) is 49.2 Å². The van der Waals surface area contributed by atoms with Crippen LogP contribution in [0.4, 0.5) is 5.69 Å². The second-order valence-electron chi connectivity index (χ2n) is 8.01. The number of piperazine rings is 1. The molecule has 0 aliphatic carbocycles. The van der Waals surface area contributed by atoms with Gasteiger partial charge in [-0.2, -0.15) is 0 Å². The first-order valence-corrected chi connectivity index (χ1v) is 11.3. The number of nitrogens with zero attached hydrogens (tertiary/aromatic N) is 2. The fraction of sp³-hybridized carbons (Fsp3) is 0.417. The van der Waals surface area contributed by atoms with E-state index in [0.717, 1.165) is 18.4 Å². The number of hydrogen-bond acceptors (Lipinski definition) is 5. The standard InChI is InChI=1S/C24H28ClN3O4/c1-31-20-10-9-18(16-19(20)25)26-23(29)22(17-6-3-2-4-7-17)27-11-13-28(14-12-27)24(30)21-8-5-15-32-21/h2-4,6-7,9-10,16,21-22H,5,8,11-15H2,1H3,(H,26,29)/t21-,22-/m0/s1. The fourth-order valence-corrected chi connectivity index (χ4v) is 4.55. The van der Waals surface area contributed by atoms with Gasteiger partial charge in [-0.3, -0.25) is 14.5 Å². The number of carbonyl (C=O) groups excluding carboxylic acids is 2. The molecule has 2 aromatic carbocycles. The van der Waals surface area contributed by atoms with Crippen molar-refractivity contribution >= 4 is 29.1 Å². The van der Waals surface area contributed by atoms with Gasteiger partial charge < -0.3 is 19.7 Å². The van der Waals surface area contributed by atoms with Gasteiger partial charge in [0.15, 0.2) is 0 Å². The summed E-state index contributed by atoms with van der Waals surface area (Å²) >= 11 is 6.22. The molecule has 2 amide bonds. The lowest BCUT2D eigenvalue weighted by molar-refractivity contribution is -0.143. The molecule has 2 aromatic rings. The van der Waals surface area contributed by atoms with E-state index in [-0.39, 0.29) is 17.9 Å². The average Bonchev–Trinajstić information content (AvgIpc) is 3.35. The highest BCUT2D eigenvalue weighted by molar-refractivity contribution is 6.32. The Morgan fingerprint density at radius 3 is 2.50 bits per heavy atom. The quantitative estimate of drug-likeness (QED) is 0.720. The van der Waals surface area contributed by atoms with Gasteiger partial charge >= 0.3 is 0 Å². The van der Waals surface area contributed by atoms with Gasteiger partial charge in [-0.1, -0.05) is 41.9 Å². The lowest BCUT2D eigenvalue weighted by atomic mass is 10.0. The van der Waals surface area contributed by atoms with Crippen LogP contribution in [0.3, 0.4) is 0 Å². The normalized spacial score (nSPS) is 20.1. The van der Waals surface area contributed by atoms with E-state index in [1.54, 1.807) is 25.3 Å². The highest BCUT2D eigenvalue weighted by Gasteiger charge is 2.34. The highest BCUT2D eigenvalue weighted by atomic mass is 35.5. The van der Waals surface area contributed by atoms with Crippen LogP contribution in [0.25, 0.3) is 0 Å². The van der Waals surface area contributed by atoms with Gasteiger partial charge in [-0.15, -0.1) is 0 Å². The first-order valence-electron chi connectivity index (χ1n) is 10.9. The molecule has 4 rings (SSSR count). The van der Waals surface area contributed by atoms with E-state index < -0.39 is 6.04 Å². The summed E-state index contributed by atoms with van der Waals surface area (Å²) in [7, 11) is 1.55. The minimum atomic E-state index is -0.475. The minimum absolute atomic E-state index is 0.0655. The molecule has 2 aliphatic rings. The maximum atomic E-state index is 13.4. The van der Waals surface area contributed by atoms with E-state index in [9.17, 15) is 9.59 Å². The molecule has 2 saturated heterocycles. The lowest BCUT2D eigenvalue weighted by Gasteiger charge is -2.39. The second kappa shape index (κ2) is 10.3. The van der Waals surface area contributed by atoms with Crippen LogP contribution in [0.2, 0.25) is 5.02 Å². The van der Waals surface area contributed by atoms with Crippen molar-refractivity contribution < 1.29 is 19.1 Å². The smallest absolute Gasteiger partial charge is 0.251 e. The lowest BCUT2D eigenvalue weighted by Crippen LogP contribution is -2.53. The monoisotopic (exact) mass is 457 g/mol. The number of nitrogens with one attached hydrogen (secondary N) is 1. The molecular formula is C24H28ClN3O4. The summed E-state index contributed by atoms with van der Waals surface area (Å²) < 4.78 is 10.7. The van der Waals surface area contributed by atoms with Crippen molar-refractivity contribution in [1.82, 2.24) is 9.80 Å². The number of methoxy groups -OCH3 is 1. The minimum Gasteiger partial charge on any atom is -0.495 e. The summed E-state index contributed by atoms with van der Waals surface area (Å²) in [6.45, 7) is 3.01. The van der Waals surface area contributed by atoms with E-state index in [1.165, 1.54) is 0 Å². The van der Waals surface area contributed by atoms with Gasteiger partial charge in [0.05, 0.1) is 12.1 Å². The zero-order valence-electron chi connectivity index (χ0n) is 18.1. The van der Waals surface area contributed by atoms with Crippen LogP contribution in [0, 0.1) is 0 Å². The van der Waals surface area contributed by atoms with Crippen LogP contribution in [0.15, 0.2) is 48.5 Å². The van der Waals surface area contributed by atoms with Crippen molar-refractivity contribution in [2.24, 2.45) is 0 Å². The molecule has 2 heterocycles. The first-order chi connectivity index (χ1) is 15.6. The van der Waals surface area contributed by atoms with Crippen LogP contribution >= 0.6 is 11.6 Å². The van der Waals surface area contributed by atoms with Crippen LogP contribution in [-0.4, -0.2) is 67.6 Å². The average molecular weight is 458 g/mol. The fourth-order valence-electron chi connectivity index (χ4n) is 4.29. The van der Waals surface area contributed by atoms with Crippen molar-refractivity contribution in [3.05, 3.63) is 59.1 Å². The number of rotatable bonds is 6. The Labute approximate surface area is 193 Å². The Bertz CT molecular complexity index is 942. The van der Waals surface area contributed by atoms with Gasteiger partial charge in [-0.25, -0.2) is 0 Å². The number of anilines is 1. The zero-order chi connectivity index (χ0) is 22.5. The van der Waals surface area contributed by atoms with E-state index in [2.05, 4.69) is 10.2 Å². The third kappa shape index (κ3) is 5.06. The Kier molecular flexibility index (Phi) is 7.29. The summed E-state index contributed by atoms with van der Waals surface area (Å²) in [6.07, 6.45) is 1.41. The third-order valence-electron chi connectivity index (χ3n) is 5.98. The molecular weight excluding hydrogens is 430 g/mol. The van der Waals surface area contributed by atoms with Gasteiger partial charge in [-0.05, 0) is 36.6 Å². The van der Waals surface area contributed by atoms with Crippen molar-refractivity contribution in [2.45, 2.75) is 25.0 Å². The molecule has 8 heteroatoms. The molecule has 2 atom stereocenters. The molecule has 0 aromatic heterocycles. The first kappa shape index (κ1) is 22.6. The number of halogens is 1. The van der Waals surface area contributed by atoms with Crippen molar-refractivity contribution in [3.63, 3.8) is 0 Å². The Hall–Kier alpha value is -2.61. The molecule has 0 bridgehead atoms. The van der Waals surface area contributed by atoms with Crippen molar-refractivity contribution in [1.29, 1.82) is 0 Å². The summed E-state index contributed by atoms with van der Waals surface area (Å²) in [4.78, 5) is 30.0. The zero-order valence-corrected chi connectivity index (χ0v) is 18.9. The topological polar surface area (TPSA) is 71.1 Å². The largest absolute Gasteiger partial charge is 0.495 e. The third-order valence-corrected chi connectivity index (χ3v) is 6.27. The Morgan fingerprint density at radius 1 is 1.12 bits per heavy atom. The Morgan fingerprint density at radius 2 is 1.88 bits per heavy atom. The van der Waals surface area contributed by atoms with Gasteiger partial charge in [0.2, 0.25) is 5.91 Å². The molecule has 170 valence electrons. The molecule has 0 spiro atoms. The summed E-state index contributed by atoms with van der Waals surface area (Å²) in [5.41, 5.74) is 1.51. The summed E-state index contributed by atoms with van der Waals surface area (Å²) in [5.74, 6) is 0.475. The van der Waals surface area contributed by atoms with Crippen LogP contribution in [0.5, 0.6) is 5.75 Å². The van der Waals surface area contributed by atoms with E-state index in [1.807, 2.05) is 35.2 Å². The maximum Gasteiger partial charge on any atom is 0.251 e. The predicted molar refractivity (Wildman–Crippen MR) is 123 cm³/mol. The van der Waals surface area contributed by atoms with Gasteiger partial charge in [0, 0.05) is 38.5 Å². The molecule has 0 saturated carbocycles. The molecule has 32 heavy (non-hydrogen) atoms. The summed E-state index contributed by atoms with van der Waals surface area (Å²) in [6, 6.07) is 14.4. The number of ether oxygens (including phenoxy) is 2. The van der Waals surface area contributed by atoms with E-state index >= 15 is 0 Å². The summed E-state index contributed by atoms with van der Waals surface area (Å²) in [5, 5.41) is 3.42. The van der Waals surface area contributed by atoms with Crippen LogP contribution in [-0.2, 0) is 14.3 Å². The second-order valence-corrected chi connectivity index (χ2v) is 8.42. The van der Waals surface area contributed by atoms with Crippen molar-refractivity contribution in [2.75, 3.05) is 45.2 Å². The van der Waals surface area contributed by atoms with Crippen molar-refractivity contribution in [3.8, 4) is 5.75 Å². The number of hydrogen-bond donors (Lipinski definition) is 1. The number of benzene rings is 2. The van der Waals surface area contributed by atoms with Gasteiger partial charge in [0.1, 0.15) is 17.9 Å². The molecule has 0 unspecified atom stereocenters. The molecule has 0 radical (unpaired) electrons. The number of amides is 2.